The zero-order chi connectivity index (χ0) is 82.6. The lowest BCUT2D eigenvalue weighted by Gasteiger charge is -2.20. The van der Waals surface area contributed by atoms with Crippen molar-refractivity contribution in [1.82, 2.24) is 5.32 Å². The third-order valence-corrected chi connectivity index (χ3v) is 22.2. The first-order valence-electron chi connectivity index (χ1n) is 48.2. The van der Waals surface area contributed by atoms with Crippen molar-refractivity contribution in [1.29, 1.82) is 0 Å². The summed E-state index contributed by atoms with van der Waals surface area (Å²) >= 11 is 0. The molecule has 0 radical (unpaired) electrons. The van der Waals surface area contributed by atoms with Gasteiger partial charge in [0.15, 0.2) is 34.5 Å². The zero-order valence-electron chi connectivity index (χ0n) is 74.7. The first kappa shape index (κ1) is 103. The lowest BCUT2D eigenvalue weighted by Crippen LogP contribution is -2.49. The van der Waals surface area contributed by atoms with Gasteiger partial charge in [-0.25, -0.2) is 4.79 Å². The number of carbonyl (C=O) groups is 4. The van der Waals surface area contributed by atoms with Gasteiger partial charge in [-0.1, -0.05) is 368 Å². The van der Waals surface area contributed by atoms with Gasteiger partial charge in [0.05, 0.1) is 65.5 Å². The molecule has 0 aliphatic rings. The van der Waals surface area contributed by atoms with E-state index in [4.69, 9.17) is 48.4 Å². The molecule has 3 aromatic rings. The predicted molar refractivity (Wildman–Crippen MR) is 478 cm³/mol. The monoisotopic (exact) mass is 1610 g/mol. The molecule has 3 rings (SSSR count). The predicted octanol–water partition coefficient (Wildman–Crippen LogP) is 27.2. The normalized spacial score (nSPS) is 11.9. The van der Waals surface area contributed by atoms with Crippen LogP contribution in [0.1, 0.15) is 431 Å². The highest BCUT2D eigenvalue weighted by Crippen LogP contribution is 2.33. The Morgan fingerprint density at radius 1 is 0.270 bits per heavy atom. The van der Waals surface area contributed by atoms with Gasteiger partial charge < -0.3 is 53.7 Å². The van der Waals surface area contributed by atoms with Gasteiger partial charge in [0.1, 0.15) is 6.04 Å². The minimum Gasteiger partial charge on any atom is -0.490 e. The van der Waals surface area contributed by atoms with Crippen molar-refractivity contribution in [2.45, 2.75) is 445 Å². The number of amides is 1. The number of unbranched alkanes of at least 4 members (excludes halogenated alkanes) is 48. The van der Waals surface area contributed by atoms with Gasteiger partial charge in [0.2, 0.25) is 5.91 Å². The first-order chi connectivity index (χ1) is 56.5. The van der Waals surface area contributed by atoms with Gasteiger partial charge in [-0.2, -0.15) is 0 Å². The van der Waals surface area contributed by atoms with Crippen LogP contribution < -0.4 is 39.5 Å². The molecule has 15 nitrogen and oxygen atoms in total. The maximum absolute atomic E-state index is 14.2. The standard InChI is InChI=1S/C100H172N2O13/c1-7-13-19-25-31-37-43-49-55-74-107-91-66-61-86(83-94(91)110-77-58-52-46-40-34-28-22-16-10-4)71-80-113-97(103)69-64-89(101)99(105)102-90(100(106)115-82-73-88-63-68-93(109-76-57-51-45-39-33-27-21-15-9-3)96(85-88)112-79-60-54-48-42-36-30-24-18-12-6)65-70-98(104)114-81-72-87-62-67-92(108-75-56-50-44-38-32-26-20-14-8-2)95(84-87)111-78-59-53-47-41-35-29-23-17-11-5/h61-63,66-68,83-85,89-90H,7-60,64-65,69-82,101H2,1-6H3,(H,102,105)/t89-,90+/m1/s1. The molecule has 0 saturated heterocycles. The average molecular weight is 1610 g/mol. The fourth-order valence-corrected chi connectivity index (χ4v) is 14.7. The summed E-state index contributed by atoms with van der Waals surface area (Å²) in [7, 11) is 0. The van der Waals surface area contributed by atoms with Crippen molar-refractivity contribution in [3.63, 3.8) is 0 Å². The van der Waals surface area contributed by atoms with Gasteiger partial charge in [0, 0.05) is 32.1 Å². The molecule has 3 aromatic carbocycles. The second-order valence-corrected chi connectivity index (χ2v) is 33.0. The molecule has 2 atom stereocenters. The van der Waals surface area contributed by atoms with Gasteiger partial charge in [-0.15, -0.1) is 0 Å². The fraction of sp³-hybridized carbons (Fsp3) is 0.780. The molecule has 660 valence electrons. The third kappa shape index (κ3) is 58.0. The Hall–Kier alpha value is -5.70. The second kappa shape index (κ2) is 75.7. The molecule has 0 spiro atoms. The molecular weight excluding hydrogens is 1440 g/mol. The molecule has 0 heterocycles. The van der Waals surface area contributed by atoms with Crippen LogP contribution in [0.3, 0.4) is 0 Å². The number of carbonyl (C=O) groups excluding carboxylic acids is 4. The quantitative estimate of drug-likeness (QED) is 0.0308. The van der Waals surface area contributed by atoms with E-state index in [1.165, 1.54) is 270 Å². The van der Waals surface area contributed by atoms with Gasteiger partial charge in [-0.3, -0.25) is 14.4 Å². The second-order valence-electron chi connectivity index (χ2n) is 33.0. The first-order valence-corrected chi connectivity index (χ1v) is 48.2. The van der Waals surface area contributed by atoms with Crippen molar-refractivity contribution < 1.29 is 61.8 Å². The lowest BCUT2D eigenvalue weighted by molar-refractivity contribution is -0.149. The number of hydrogen-bond donors (Lipinski definition) is 2. The Balaban J connectivity index is 1.72. The molecule has 115 heavy (non-hydrogen) atoms. The van der Waals surface area contributed by atoms with E-state index in [9.17, 15) is 19.2 Å². The summed E-state index contributed by atoms with van der Waals surface area (Å²) < 4.78 is 55.8. The van der Waals surface area contributed by atoms with Crippen LogP contribution in [0.2, 0.25) is 0 Å². The van der Waals surface area contributed by atoms with Gasteiger partial charge in [0.25, 0.3) is 0 Å². The van der Waals surface area contributed by atoms with Crippen LogP contribution in [0.25, 0.3) is 0 Å². The molecule has 1 amide bonds. The maximum atomic E-state index is 14.2. The Labute approximate surface area is 703 Å². The summed E-state index contributed by atoms with van der Waals surface area (Å²) in [6, 6.07) is 15.5. The smallest absolute Gasteiger partial charge is 0.328 e. The molecule has 0 fully saturated rings. The van der Waals surface area contributed by atoms with Crippen LogP contribution in [0.4, 0.5) is 0 Å². The number of rotatable bonds is 84. The van der Waals surface area contributed by atoms with E-state index in [0.717, 1.165) is 105 Å². The Morgan fingerprint density at radius 2 is 0.487 bits per heavy atom. The molecule has 15 heteroatoms. The number of benzene rings is 3. The van der Waals surface area contributed by atoms with Crippen molar-refractivity contribution >= 4 is 23.8 Å². The van der Waals surface area contributed by atoms with E-state index in [0.29, 0.717) is 81.9 Å². The molecule has 0 aromatic heterocycles. The lowest BCUT2D eigenvalue weighted by atomic mass is 10.1. The highest BCUT2D eigenvalue weighted by molar-refractivity contribution is 5.88. The SMILES string of the molecule is CCCCCCCCCCCOc1ccc(CCOC(=O)CC[C@@H](N)C(=O)N[C@@H](CCC(=O)OCCc2ccc(OCCCCCCCCCCC)c(OCCCCCCCCCCC)c2)C(=O)OCCc2ccc(OCCCCCCCCCCC)c(OCCCCCCCCCCC)c2)cc1OCCCCCCCCCCC. The van der Waals surface area contributed by atoms with E-state index in [1.807, 2.05) is 54.6 Å². The van der Waals surface area contributed by atoms with Crippen LogP contribution >= 0.6 is 0 Å². The highest BCUT2D eigenvalue weighted by Gasteiger charge is 2.27. The molecule has 0 bridgehead atoms. The van der Waals surface area contributed by atoms with Crippen molar-refractivity contribution in [2.75, 3.05) is 59.5 Å². The van der Waals surface area contributed by atoms with Gasteiger partial charge >= 0.3 is 17.9 Å². The highest BCUT2D eigenvalue weighted by atomic mass is 16.5. The molecule has 0 aliphatic carbocycles. The van der Waals surface area contributed by atoms with Gasteiger partial charge in [-0.05, 0) is 104 Å². The third-order valence-electron chi connectivity index (χ3n) is 22.2. The number of hydrogen-bond acceptors (Lipinski definition) is 14. The minimum atomic E-state index is -1.23. The molecule has 0 aliphatic heterocycles. The molecule has 3 N–H and O–H groups in total. The van der Waals surface area contributed by atoms with E-state index < -0.39 is 35.9 Å². The van der Waals surface area contributed by atoms with Crippen LogP contribution in [0, 0.1) is 0 Å². The summed E-state index contributed by atoms with van der Waals surface area (Å²) in [5.41, 5.74) is 9.31. The van der Waals surface area contributed by atoms with Crippen LogP contribution in [-0.2, 0) is 52.7 Å². The van der Waals surface area contributed by atoms with E-state index in [2.05, 4.69) is 46.9 Å². The van der Waals surface area contributed by atoms with E-state index >= 15 is 0 Å². The Bertz CT molecular complexity index is 2780. The van der Waals surface area contributed by atoms with Crippen LogP contribution in [0.15, 0.2) is 54.6 Å². The van der Waals surface area contributed by atoms with Crippen molar-refractivity contribution in [3.8, 4) is 34.5 Å². The average Bonchev–Trinajstić information content (AvgIpc) is 0.854. The van der Waals surface area contributed by atoms with Crippen molar-refractivity contribution in [2.24, 2.45) is 5.73 Å². The molecular formula is C100H172N2O13. The zero-order valence-corrected chi connectivity index (χ0v) is 74.7. The number of ether oxygens (including phenoxy) is 9. The number of esters is 3. The fourth-order valence-electron chi connectivity index (χ4n) is 14.7. The number of nitrogens with one attached hydrogen (secondary N) is 1. The summed E-state index contributed by atoms with van der Waals surface area (Å²) in [4.78, 5) is 55.2. The summed E-state index contributed by atoms with van der Waals surface area (Å²) in [5, 5.41) is 2.79. The number of nitrogens with two attached hydrogens (primary N) is 1. The van der Waals surface area contributed by atoms with E-state index in [-0.39, 0.29) is 45.5 Å². The summed E-state index contributed by atoms with van der Waals surface area (Å²) in [6.07, 6.45) is 67.4. The molecule has 0 saturated carbocycles. The van der Waals surface area contributed by atoms with Crippen LogP contribution in [-0.4, -0.2) is 95.4 Å². The largest absolute Gasteiger partial charge is 0.490 e. The molecule has 0 unspecified atom stereocenters. The Kier molecular flexibility index (Phi) is 68.2. The Morgan fingerprint density at radius 3 is 0.739 bits per heavy atom. The topological polar surface area (TPSA) is 189 Å². The summed E-state index contributed by atoms with van der Waals surface area (Å²) in [6.45, 7) is 17.4. The van der Waals surface area contributed by atoms with E-state index in [1.54, 1.807) is 0 Å². The maximum Gasteiger partial charge on any atom is 0.328 e. The van der Waals surface area contributed by atoms with Crippen LogP contribution in [0.5, 0.6) is 34.5 Å². The summed E-state index contributed by atoms with van der Waals surface area (Å²) in [5.74, 6) is 1.90. The van der Waals surface area contributed by atoms with Crippen molar-refractivity contribution in [3.05, 3.63) is 71.3 Å². The minimum absolute atomic E-state index is 0.00286.